The quantitative estimate of drug-likeness (QED) is 0.290. The zero-order valence-electron chi connectivity index (χ0n) is 16.9. The third-order valence-corrected chi connectivity index (χ3v) is 4.57. The number of carbonyl (C=O) groups is 1. The van der Waals surface area contributed by atoms with Crippen molar-refractivity contribution >= 4 is 17.4 Å². The smallest absolute Gasteiger partial charge is 0.480 e. The van der Waals surface area contributed by atoms with E-state index in [0.29, 0.717) is 16.8 Å². The summed E-state index contributed by atoms with van der Waals surface area (Å²) in [6.07, 6.45) is -5.68. The molecule has 170 valence electrons. The molecule has 0 radical (unpaired) electrons. The second-order valence-electron chi connectivity index (χ2n) is 6.84. The van der Waals surface area contributed by atoms with Gasteiger partial charge in [0, 0.05) is 23.1 Å². The molecule has 3 rings (SSSR count). The van der Waals surface area contributed by atoms with Crippen LogP contribution in [0, 0.1) is 10.1 Å². The van der Waals surface area contributed by atoms with Crippen LogP contribution in [-0.4, -0.2) is 34.1 Å². The van der Waals surface area contributed by atoms with Gasteiger partial charge in [-0.15, -0.1) is 13.2 Å². The summed E-state index contributed by atoms with van der Waals surface area (Å²) in [4.78, 5) is 26.8. The number of aliphatic carboxylic acids is 1. The molecule has 0 fully saturated rings. The molecule has 0 aliphatic rings. The summed E-state index contributed by atoms with van der Waals surface area (Å²) in [6.45, 7) is 0. The maximum absolute atomic E-state index is 12.7. The largest absolute Gasteiger partial charge is 0.573 e. The molecule has 0 aromatic heterocycles. The Morgan fingerprint density at radius 3 is 1.97 bits per heavy atom. The molecule has 1 atom stereocenters. The van der Waals surface area contributed by atoms with Crippen molar-refractivity contribution in [2.75, 3.05) is 0 Å². The predicted molar refractivity (Wildman–Crippen MR) is 113 cm³/mol. The summed E-state index contributed by atoms with van der Waals surface area (Å²) >= 11 is 0. The van der Waals surface area contributed by atoms with Gasteiger partial charge in [0.2, 0.25) is 5.75 Å². The Kier molecular flexibility index (Phi) is 7.07. The monoisotopic (exact) mass is 458 g/mol. The number of rotatable bonds is 8. The van der Waals surface area contributed by atoms with Crippen LogP contribution in [0.2, 0.25) is 0 Å². The molecule has 3 aromatic rings. The van der Waals surface area contributed by atoms with Gasteiger partial charge in [-0.1, -0.05) is 72.8 Å². The highest BCUT2D eigenvalue weighted by Gasteiger charge is 2.36. The minimum atomic E-state index is -5.15. The number of carboxylic acid groups (broad SMARTS) is 1. The molecule has 10 heteroatoms. The summed E-state index contributed by atoms with van der Waals surface area (Å²) in [5.74, 6) is -2.42. The number of aliphatic imine (C=N–C) groups is 1. The van der Waals surface area contributed by atoms with Crippen LogP contribution in [-0.2, 0) is 11.2 Å². The van der Waals surface area contributed by atoms with Crippen molar-refractivity contribution in [2.45, 2.75) is 18.8 Å². The third-order valence-electron chi connectivity index (χ3n) is 4.57. The molecule has 0 aliphatic carbocycles. The zero-order valence-corrected chi connectivity index (χ0v) is 16.9. The molecule has 1 N–H and O–H groups in total. The second kappa shape index (κ2) is 9.94. The number of hydrogen-bond donors (Lipinski definition) is 1. The van der Waals surface area contributed by atoms with Crippen molar-refractivity contribution in [1.82, 2.24) is 0 Å². The number of benzene rings is 3. The lowest BCUT2D eigenvalue weighted by Crippen LogP contribution is -2.24. The van der Waals surface area contributed by atoms with E-state index in [4.69, 9.17) is 0 Å². The van der Waals surface area contributed by atoms with E-state index in [9.17, 15) is 33.2 Å². The van der Waals surface area contributed by atoms with Crippen LogP contribution in [0.5, 0.6) is 5.75 Å². The van der Waals surface area contributed by atoms with E-state index >= 15 is 0 Å². The van der Waals surface area contributed by atoms with Crippen LogP contribution < -0.4 is 4.74 Å². The number of nitro benzene ring substituents is 1. The number of halogens is 3. The minimum absolute atomic E-state index is 0.252. The van der Waals surface area contributed by atoms with Gasteiger partial charge in [-0.05, 0) is 6.07 Å². The first kappa shape index (κ1) is 23.5. The molecule has 7 nitrogen and oxygen atoms in total. The molecule has 33 heavy (non-hydrogen) atoms. The lowest BCUT2D eigenvalue weighted by atomic mass is 10.00. The summed E-state index contributed by atoms with van der Waals surface area (Å²) in [5, 5.41) is 21.3. The van der Waals surface area contributed by atoms with Crippen LogP contribution in [0.1, 0.15) is 16.7 Å². The van der Waals surface area contributed by atoms with Gasteiger partial charge in [0.15, 0.2) is 6.04 Å². The Hall–Kier alpha value is -4.21. The van der Waals surface area contributed by atoms with E-state index in [-0.39, 0.29) is 5.56 Å². The molecule has 0 amide bonds. The normalized spacial score (nSPS) is 12.0. The van der Waals surface area contributed by atoms with Crippen LogP contribution in [0.25, 0.3) is 0 Å². The number of para-hydroxylation sites is 1. The van der Waals surface area contributed by atoms with E-state index in [1.165, 1.54) is 6.07 Å². The fraction of sp³-hybridized carbons (Fsp3) is 0.130. The van der Waals surface area contributed by atoms with Crippen molar-refractivity contribution in [3.8, 4) is 5.75 Å². The summed E-state index contributed by atoms with van der Waals surface area (Å²) in [5.41, 5.74) is 0.335. The molecular formula is C23H17F3N2O5. The summed E-state index contributed by atoms with van der Waals surface area (Å²) in [7, 11) is 0. The molecule has 0 heterocycles. The predicted octanol–water partition coefficient (Wildman–Crippen LogP) is 5.03. The fourth-order valence-electron chi connectivity index (χ4n) is 3.21. The Labute approximate surface area is 185 Å². The van der Waals surface area contributed by atoms with E-state index in [0.717, 1.165) is 12.1 Å². The SMILES string of the molecule is O=C(O)[C@H](Cc1cccc(OC(F)(F)F)c1[N+](=O)[O-])N=C(c1ccccc1)c1ccccc1. The number of nitrogens with zero attached hydrogens (tertiary/aromatic N) is 2. The first-order chi connectivity index (χ1) is 15.7. The Morgan fingerprint density at radius 1 is 0.970 bits per heavy atom. The first-order valence-electron chi connectivity index (χ1n) is 9.59. The minimum Gasteiger partial charge on any atom is -0.480 e. The van der Waals surface area contributed by atoms with Crippen LogP contribution in [0.3, 0.4) is 0 Å². The Bertz CT molecular complexity index is 1120. The van der Waals surface area contributed by atoms with Gasteiger partial charge < -0.3 is 9.84 Å². The summed E-state index contributed by atoms with van der Waals surface area (Å²) in [6, 6.07) is 19.0. The maximum Gasteiger partial charge on any atom is 0.573 e. The number of nitro groups is 1. The van der Waals surface area contributed by atoms with Gasteiger partial charge >= 0.3 is 18.0 Å². The average Bonchev–Trinajstić information content (AvgIpc) is 2.76. The Morgan fingerprint density at radius 2 is 1.52 bits per heavy atom. The van der Waals surface area contributed by atoms with E-state index < -0.39 is 41.2 Å². The third kappa shape index (κ3) is 6.16. The fourth-order valence-corrected chi connectivity index (χ4v) is 3.21. The van der Waals surface area contributed by atoms with Crippen LogP contribution in [0.15, 0.2) is 83.9 Å². The van der Waals surface area contributed by atoms with Crippen LogP contribution in [0.4, 0.5) is 18.9 Å². The molecule has 0 saturated carbocycles. The van der Waals surface area contributed by atoms with E-state index in [1.807, 2.05) is 0 Å². The van der Waals surface area contributed by atoms with Gasteiger partial charge in [0.1, 0.15) is 0 Å². The first-order valence-corrected chi connectivity index (χ1v) is 9.59. The van der Waals surface area contributed by atoms with Crippen molar-refractivity contribution < 1.29 is 32.7 Å². The van der Waals surface area contributed by atoms with Crippen molar-refractivity contribution in [2.24, 2.45) is 4.99 Å². The van der Waals surface area contributed by atoms with Crippen LogP contribution >= 0.6 is 0 Å². The molecule has 0 saturated heterocycles. The number of hydrogen-bond acceptors (Lipinski definition) is 5. The molecule has 3 aromatic carbocycles. The molecular weight excluding hydrogens is 441 g/mol. The van der Waals surface area contributed by atoms with E-state index in [2.05, 4.69) is 9.73 Å². The second-order valence-corrected chi connectivity index (χ2v) is 6.84. The van der Waals surface area contributed by atoms with E-state index in [1.54, 1.807) is 60.7 Å². The van der Waals surface area contributed by atoms with Crippen molar-refractivity contribution in [3.63, 3.8) is 0 Å². The topological polar surface area (TPSA) is 102 Å². The highest BCUT2D eigenvalue weighted by atomic mass is 19.4. The summed E-state index contributed by atoms with van der Waals surface area (Å²) < 4.78 is 41.9. The van der Waals surface area contributed by atoms with Gasteiger partial charge in [0.25, 0.3) is 0 Å². The van der Waals surface area contributed by atoms with Crippen molar-refractivity contribution in [1.29, 1.82) is 0 Å². The standard InChI is InChI=1S/C23H17F3N2O5/c24-23(25,26)33-19-13-7-12-17(21(19)28(31)32)14-18(22(29)30)27-20(15-8-3-1-4-9-15)16-10-5-2-6-11-16/h1-13,18H,14H2,(H,29,30)/t18-/m0/s1. The lowest BCUT2D eigenvalue weighted by molar-refractivity contribution is -0.389. The van der Waals surface area contributed by atoms with Gasteiger partial charge in [-0.25, -0.2) is 4.79 Å². The molecule has 0 aliphatic heterocycles. The number of carboxylic acids is 1. The lowest BCUT2D eigenvalue weighted by Gasteiger charge is -2.15. The highest BCUT2D eigenvalue weighted by molar-refractivity contribution is 6.13. The highest BCUT2D eigenvalue weighted by Crippen LogP contribution is 2.35. The van der Waals surface area contributed by atoms with Gasteiger partial charge in [-0.3, -0.25) is 15.1 Å². The Balaban J connectivity index is 2.08. The molecule has 0 spiro atoms. The van der Waals surface area contributed by atoms with Crippen molar-refractivity contribution in [3.05, 3.63) is 106 Å². The zero-order chi connectivity index (χ0) is 24.0. The number of alkyl halides is 3. The average molecular weight is 458 g/mol. The maximum atomic E-state index is 12.7. The van der Waals surface area contributed by atoms with Gasteiger partial charge in [-0.2, -0.15) is 0 Å². The molecule has 0 unspecified atom stereocenters. The number of ether oxygens (including phenoxy) is 1. The molecule has 0 bridgehead atoms. The van der Waals surface area contributed by atoms with Gasteiger partial charge in [0.05, 0.1) is 10.6 Å².